The number of aryl methyl sites for hydroxylation is 1. The lowest BCUT2D eigenvalue weighted by Crippen LogP contribution is -2.25. The average Bonchev–Trinajstić information content (AvgIpc) is 2.74. The molecule has 1 N–H and O–H groups in total. The summed E-state index contributed by atoms with van der Waals surface area (Å²) in [6.07, 6.45) is 2.79. The molecule has 0 atom stereocenters. The van der Waals surface area contributed by atoms with Gasteiger partial charge in [0, 0.05) is 29.3 Å². The van der Waals surface area contributed by atoms with Crippen molar-refractivity contribution in [3.63, 3.8) is 0 Å². The lowest BCUT2D eigenvalue weighted by atomic mass is 10.2. The number of benzene rings is 2. The highest BCUT2D eigenvalue weighted by molar-refractivity contribution is 5.94. The smallest absolute Gasteiger partial charge is 0.359 e. The topological polar surface area (TPSA) is 84.4 Å². The Morgan fingerprint density at radius 2 is 1.63 bits per heavy atom. The van der Waals surface area contributed by atoms with Crippen LogP contribution < -0.4 is 10.2 Å². The number of hydrogen-bond acceptors (Lipinski definition) is 6. The van der Waals surface area contributed by atoms with Gasteiger partial charge >= 0.3 is 5.97 Å². The molecule has 0 fully saturated rings. The number of rotatable bonds is 7. The van der Waals surface area contributed by atoms with Crippen molar-refractivity contribution in [3.8, 4) is 0 Å². The zero-order valence-corrected chi connectivity index (χ0v) is 17.2. The number of carbonyl (C=O) groups is 2. The lowest BCUT2D eigenvalue weighted by Gasteiger charge is -2.29. The van der Waals surface area contributed by atoms with Crippen LogP contribution in [0.2, 0.25) is 0 Å². The number of carbonyl (C=O) groups excluding carboxylic acids is 2. The highest BCUT2D eigenvalue weighted by Crippen LogP contribution is 2.28. The Balaban J connectivity index is 1.59. The van der Waals surface area contributed by atoms with E-state index in [4.69, 9.17) is 4.74 Å². The number of nitrogens with zero attached hydrogens (tertiary/aromatic N) is 3. The Morgan fingerprint density at radius 3 is 2.23 bits per heavy atom. The molecular formula is C23H24N4O3. The van der Waals surface area contributed by atoms with Gasteiger partial charge in [-0.3, -0.25) is 9.78 Å². The van der Waals surface area contributed by atoms with Crippen LogP contribution in [0.5, 0.6) is 0 Å². The molecule has 0 saturated heterocycles. The van der Waals surface area contributed by atoms with E-state index < -0.39 is 18.5 Å². The molecule has 7 heteroatoms. The van der Waals surface area contributed by atoms with E-state index in [-0.39, 0.29) is 11.7 Å². The Labute approximate surface area is 175 Å². The molecule has 2 aromatic carbocycles. The number of amides is 1. The Hall–Kier alpha value is -3.74. The molecule has 0 saturated carbocycles. The predicted octanol–water partition coefficient (Wildman–Crippen LogP) is 4.13. The number of para-hydroxylation sites is 1. The second-order valence-corrected chi connectivity index (χ2v) is 7.01. The molecule has 3 rings (SSSR count). The number of nitrogens with one attached hydrogen (secondary N) is 1. The van der Waals surface area contributed by atoms with Crippen LogP contribution in [0, 0.1) is 6.92 Å². The molecule has 0 spiro atoms. The van der Waals surface area contributed by atoms with Gasteiger partial charge in [-0.05, 0) is 57.2 Å². The molecule has 30 heavy (non-hydrogen) atoms. The molecule has 1 heterocycles. The monoisotopic (exact) mass is 404 g/mol. The normalized spacial score (nSPS) is 10.5. The van der Waals surface area contributed by atoms with Crippen LogP contribution in [0.4, 0.5) is 17.1 Å². The van der Waals surface area contributed by atoms with E-state index in [9.17, 15) is 9.59 Å². The first kappa shape index (κ1) is 21.0. The quantitative estimate of drug-likeness (QED) is 0.596. The van der Waals surface area contributed by atoms with Gasteiger partial charge in [-0.15, -0.1) is 0 Å². The summed E-state index contributed by atoms with van der Waals surface area (Å²) in [6, 6.07) is 17.9. The van der Waals surface area contributed by atoms with Crippen molar-refractivity contribution in [1.29, 1.82) is 0 Å². The third-order valence-electron chi connectivity index (χ3n) is 4.30. The first-order valence-electron chi connectivity index (χ1n) is 9.64. The van der Waals surface area contributed by atoms with Gasteiger partial charge in [0.05, 0.1) is 11.9 Å². The van der Waals surface area contributed by atoms with Crippen molar-refractivity contribution < 1.29 is 14.3 Å². The number of esters is 1. The second-order valence-electron chi connectivity index (χ2n) is 7.01. The fourth-order valence-electron chi connectivity index (χ4n) is 2.94. The largest absolute Gasteiger partial charge is 0.451 e. The molecule has 1 aromatic heterocycles. The van der Waals surface area contributed by atoms with Crippen LogP contribution in [-0.2, 0) is 9.53 Å². The van der Waals surface area contributed by atoms with Crippen LogP contribution >= 0.6 is 0 Å². The highest BCUT2D eigenvalue weighted by Gasteiger charge is 2.14. The number of hydrogen-bond donors (Lipinski definition) is 1. The molecule has 0 radical (unpaired) electrons. The molecule has 0 aliphatic carbocycles. The molecule has 1 amide bonds. The van der Waals surface area contributed by atoms with Crippen LogP contribution in [0.15, 0.2) is 67.0 Å². The van der Waals surface area contributed by atoms with E-state index in [1.54, 1.807) is 6.92 Å². The van der Waals surface area contributed by atoms with E-state index in [2.05, 4.69) is 46.2 Å². The van der Waals surface area contributed by atoms with Crippen molar-refractivity contribution in [2.75, 3.05) is 16.8 Å². The first-order chi connectivity index (χ1) is 14.4. The van der Waals surface area contributed by atoms with Gasteiger partial charge in [0.2, 0.25) is 0 Å². The maximum absolute atomic E-state index is 12.1. The summed E-state index contributed by atoms with van der Waals surface area (Å²) in [7, 11) is 0. The minimum Gasteiger partial charge on any atom is -0.451 e. The van der Waals surface area contributed by atoms with Crippen LogP contribution in [0.1, 0.15) is 30.0 Å². The third kappa shape index (κ3) is 5.41. The predicted molar refractivity (Wildman–Crippen MR) is 116 cm³/mol. The molecule has 0 aliphatic heterocycles. The Morgan fingerprint density at radius 1 is 0.967 bits per heavy atom. The first-order valence-corrected chi connectivity index (χ1v) is 9.64. The zero-order valence-electron chi connectivity index (χ0n) is 17.2. The van der Waals surface area contributed by atoms with E-state index in [1.165, 1.54) is 12.4 Å². The fourth-order valence-corrected chi connectivity index (χ4v) is 2.94. The van der Waals surface area contributed by atoms with Gasteiger partial charge in [-0.2, -0.15) is 0 Å². The van der Waals surface area contributed by atoms with Gasteiger partial charge in [-0.1, -0.05) is 18.2 Å². The van der Waals surface area contributed by atoms with Crippen LogP contribution in [0.25, 0.3) is 0 Å². The van der Waals surface area contributed by atoms with Crippen molar-refractivity contribution in [2.45, 2.75) is 26.8 Å². The molecular weight excluding hydrogens is 380 g/mol. The molecule has 0 unspecified atom stereocenters. The standard InChI is InChI=1S/C23H24N4O3/c1-16(2)27(19-7-5-4-6-8-19)20-11-9-18(10-12-20)26-22(28)15-30-23(29)21-14-24-17(3)13-25-21/h4-14,16H,15H2,1-3H3,(H,26,28). The van der Waals surface area contributed by atoms with Gasteiger partial charge in [0.25, 0.3) is 5.91 Å². The van der Waals surface area contributed by atoms with Gasteiger partial charge in [0.15, 0.2) is 12.3 Å². The summed E-state index contributed by atoms with van der Waals surface area (Å²) in [5.41, 5.74) is 3.48. The summed E-state index contributed by atoms with van der Waals surface area (Å²) in [6.45, 7) is 5.60. The summed E-state index contributed by atoms with van der Waals surface area (Å²) < 4.78 is 4.99. The van der Waals surface area contributed by atoms with E-state index in [1.807, 2.05) is 42.5 Å². The van der Waals surface area contributed by atoms with E-state index in [0.717, 1.165) is 11.4 Å². The van der Waals surface area contributed by atoms with Crippen molar-refractivity contribution in [1.82, 2.24) is 9.97 Å². The summed E-state index contributed by atoms with van der Waals surface area (Å²) in [5.74, 6) is -1.12. The van der Waals surface area contributed by atoms with Crippen LogP contribution in [0.3, 0.4) is 0 Å². The summed E-state index contributed by atoms with van der Waals surface area (Å²) in [5, 5.41) is 2.72. The van der Waals surface area contributed by atoms with Crippen molar-refractivity contribution in [3.05, 3.63) is 78.4 Å². The van der Waals surface area contributed by atoms with Gasteiger partial charge in [0.1, 0.15) is 0 Å². The van der Waals surface area contributed by atoms with E-state index >= 15 is 0 Å². The molecule has 3 aromatic rings. The average molecular weight is 404 g/mol. The van der Waals surface area contributed by atoms with Gasteiger partial charge in [-0.25, -0.2) is 9.78 Å². The maximum Gasteiger partial charge on any atom is 0.359 e. The zero-order chi connectivity index (χ0) is 21.5. The minimum absolute atomic E-state index is 0.0624. The number of aromatic nitrogens is 2. The summed E-state index contributed by atoms with van der Waals surface area (Å²) in [4.78, 5) is 34.2. The van der Waals surface area contributed by atoms with Gasteiger partial charge < -0.3 is 15.0 Å². The lowest BCUT2D eigenvalue weighted by molar-refractivity contribution is -0.119. The van der Waals surface area contributed by atoms with Crippen molar-refractivity contribution >= 4 is 28.9 Å². The molecule has 0 aliphatic rings. The fraction of sp³-hybridized carbons (Fsp3) is 0.217. The minimum atomic E-state index is -0.691. The Bertz CT molecular complexity index is 987. The summed E-state index contributed by atoms with van der Waals surface area (Å²) >= 11 is 0. The van der Waals surface area contributed by atoms with Crippen molar-refractivity contribution in [2.24, 2.45) is 0 Å². The third-order valence-corrected chi connectivity index (χ3v) is 4.30. The maximum atomic E-state index is 12.1. The number of anilines is 3. The SMILES string of the molecule is Cc1cnc(C(=O)OCC(=O)Nc2ccc(N(c3ccccc3)C(C)C)cc2)cn1. The highest BCUT2D eigenvalue weighted by atomic mass is 16.5. The molecule has 0 bridgehead atoms. The van der Waals surface area contributed by atoms with Crippen LogP contribution in [-0.4, -0.2) is 34.5 Å². The molecule has 7 nitrogen and oxygen atoms in total. The van der Waals surface area contributed by atoms with E-state index in [0.29, 0.717) is 11.4 Å². The molecule has 154 valence electrons. The Kier molecular flexibility index (Phi) is 6.75. The second kappa shape index (κ2) is 9.65. The number of ether oxygens (including phenoxy) is 1.